The number of nitrogens with zero attached hydrogens (tertiary/aromatic N) is 2. The maximum atomic E-state index is 14.1. The summed E-state index contributed by atoms with van der Waals surface area (Å²) in [6.07, 6.45) is 0.328. The van der Waals surface area contributed by atoms with Gasteiger partial charge in [0.2, 0.25) is 11.8 Å². The Balaban J connectivity index is 2.04. The second kappa shape index (κ2) is 14.9. The number of halogens is 1. The van der Waals surface area contributed by atoms with Crippen LogP contribution in [-0.4, -0.2) is 58.5 Å². The molecule has 0 aliphatic carbocycles. The van der Waals surface area contributed by atoms with E-state index in [1.165, 1.54) is 42.3 Å². The third-order valence-electron chi connectivity index (χ3n) is 6.60. The minimum atomic E-state index is -4.23. The lowest BCUT2D eigenvalue weighted by Crippen LogP contribution is -2.52. The number of hydrogen-bond acceptors (Lipinski definition) is 6. The van der Waals surface area contributed by atoms with Crippen molar-refractivity contribution in [3.8, 4) is 11.5 Å². The zero-order valence-electron chi connectivity index (χ0n) is 24.5. The van der Waals surface area contributed by atoms with Gasteiger partial charge in [0.1, 0.15) is 24.1 Å². The van der Waals surface area contributed by atoms with Gasteiger partial charge in [-0.1, -0.05) is 50.6 Å². The predicted octanol–water partition coefficient (Wildman–Crippen LogP) is 5.13. The lowest BCUT2D eigenvalue weighted by atomic mass is 10.1. The van der Waals surface area contributed by atoms with Crippen LogP contribution in [0.2, 0.25) is 5.02 Å². The fourth-order valence-electron chi connectivity index (χ4n) is 4.30. The van der Waals surface area contributed by atoms with E-state index in [4.69, 9.17) is 21.1 Å². The van der Waals surface area contributed by atoms with Gasteiger partial charge in [-0.25, -0.2) is 8.42 Å². The van der Waals surface area contributed by atoms with Gasteiger partial charge in [-0.05, 0) is 72.5 Å². The molecule has 3 aromatic carbocycles. The van der Waals surface area contributed by atoms with Crippen LogP contribution in [0.1, 0.15) is 32.8 Å². The molecule has 0 bridgehead atoms. The normalized spacial score (nSPS) is 12.0. The molecule has 11 heteroatoms. The van der Waals surface area contributed by atoms with E-state index in [-0.39, 0.29) is 29.0 Å². The molecular weight excluding hydrogens is 578 g/mol. The molecule has 0 aliphatic rings. The zero-order chi connectivity index (χ0) is 30.9. The summed E-state index contributed by atoms with van der Waals surface area (Å²) in [4.78, 5) is 28.8. The summed E-state index contributed by atoms with van der Waals surface area (Å²) >= 11 is 6.23. The molecule has 1 atom stereocenters. The van der Waals surface area contributed by atoms with Crippen LogP contribution in [0.3, 0.4) is 0 Å². The van der Waals surface area contributed by atoms with Crippen LogP contribution in [0.4, 0.5) is 5.69 Å². The topological polar surface area (TPSA) is 105 Å². The van der Waals surface area contributed by atoms with Crippen LogP contribution in [0, 0.1) is 5.92 Å². The summed E-state index contributed by atoms with van der Waals surface area (Å²) in [5.41, 5.74) is 0.972. The number of benzene rings is 3. The second-order valence-electron chi connectivity index (χ2n) is 10.1. The summed E-state index contributed by atoms with van der Waals surface area (Å²) < 4.78 is 39.4. The molecule has 0 saturated heterocycles. The number of methoxy groups -OCH3 is 2. The van der Waals surface area contributed by atoms with Crippen LogP contribution < -0.4 is 19.1 Å². The van der Waals surface area contributed by atoms with Crippen molar-refractivity contribution in [2.45, 2.75) is 44.7 Å². The first-order valence-electron chi connectivity index (χ1n) is 13.6. The van der Waals surface area contributed by atoms with Crippen molar-refractivity contribution >= 4 is 39.1 Å². The van der Waals surface area contributed by atoms with Gasteiger partial charge in [0.25, 0.3) is 10.0 Å². The van der Waals surface area contributed by atoms with Gasteiger partial charge < -0.3 is 19.7 Å². The summed E-state index contributed by atoms with van der Waals surface area (Å²) in [6.45, 7) is 5.75. The Kier molecular flexibility index (Phi) is 11.6. The van der Waals surface area contributed by atoms with E-state index >= 15 is 0 Å². The van der Waals surface area contributed by atoms with E-state index in [0.717, 1.165) is 9.87 Å². The van der Waals surface area contributed by atoms with Crippen molar-refractivity contribution in [1.82, 2.24) is 10.2 Å². The molecule has 3 rings (SSSR count). The van der Waals surface area contributed by atoms with Crippen molar-refractivity contribution in [2.24, 2.45) is 5.92 Å². The molecule has 2 amide bonds. The molecule has 0 aliphatic heterocycles. The van der Waals surface area contributed by atoms with Crippen molar-refractivity contribution < 1.29 is 27.5 Å². The van der Waals surface area contributed by atoms with Crippen LogP contribution in [0.25, 0.3) is 0 Å². The highest BCUT2D eigenvalue weighted by Gasteiger charge is 2.33. The largest absolute Gasteiger partial charge is 0.497 e. The highest BCUT2D eigenvalue weighted by molar-refractivity contribution is 7.92. The first-order valence-corrected chi connectivity index (χ1v) is 15.4. The highest BCUT2D eigenvalue weighted by atomic mass is 35.5. The summed E-state index contributed by atoms with van der Waals surface area (Å²) in [5.74, 6) is 0.499. The first kappa shape index (κ1) is 32.8. The monoisotopic (exact) mass is 615 g/mol. The smallest absolute Gasteiger partial charge is 0.264 e. The highest BCUT2D eigenvalue weighted by Crippen LogP contribution is 2.28. The molecule has 42 heavy (non-hydrogen) atoms. The third kappa shape index (κ3) is 8.39. The third-order valence-corrected chi connectivity index (χ3v) is 8.63. The zero-order valence-corrected chi connectivity index (χ0v) is 26.1. The van der Waals surface area contributed by atoms with E-state index in [1.54, 1.807) is 49.6 Å². The number of carbonyl (C=O) groups is 2. The Labute approximate surface area is 253 Å². The molecule has 0 heterocycles. The van der Waals surface area contributed by atoms with E-state index in [2.05, 4.69) is 5.32 Å². The van der Waals surface area contributed by atoms with Crippen molar-refractivity contribution in [2.75, 3.05) is 31.6 Å². The Morgan fingerprint density at radius 3 is 2.05 bits per heavy atom. The van der Waals surface area contributed by atoms with Crippen molar-refractivity contribution in [3.05, 3.63) is 83.4 Å². The standard InChI is InChI=1S/C31H38ClN3O6S/c1-6-29(31(37)33-19-22(2)3)34(20-23-10-12-26(40-4)13-11-23)30(36)21-35(25-9-7-8-24(32)18-25)42(38,39)28-16-14-27(41-5)15-17-28/h7-18,22,29H,6,19-21H2,1-5H3,(H,33,37). The van der Waals surface area contributed by atoms with Crippen LogP contribution in [-0.2, 0) is 26.2 Å². The maximum Gasteiger partial charge on any atom is 0.264 e. The van der Waals surface area contributed by atoms with Crippen molar-refractivity contribution in [1.29, 1.82) is 0 Å². The molecule has 1 unspecified atom stereocenters. The van der Waals surface area contributed by atoms with Crippen molar-refractivity contribution in [3.63, 3.8) is 0 Å². The minimum Gasteiger partial charge on any atom is -0.497 e. The van der Waals surface area contributed by atoms with Gasteiger partial charge in [-0.3, -0.25) is 13.9 Å². The fourth-order valence-corrected chi connectivity index (χ4v) is 5.90. The molecule has 1 N–H and O–H groups in total. The molecule has 3 aromatic rings. The number of amides is 2. The molecule has 9 nitrogen and oxygen atoms in total. The molecular formula is C31H38ClN3O6S. The Morgan fingerprint density at radius 2 is 1.52 bits per heavy atom. The summed E-state index contributed by atoms with van der Waals surface area (Å²) in [5, 5.41) is 3.23. The number of hydrogen-bond donors (Lipinski definition) is 1. The molecule has 0 saturated carbocycles. The Bertz CT molecular complexity index is 1450. The SMILES string of the molecule is CCC(C(=O)NCC(C)C)N(Cc1ccc(OC)cc1)C(=O)CN(c1cccc(Cl)c1)S(=O)(=O)c1ccc(OC)cc1. The Hall–Kier alpha value is -3.76. The fraction of sp³-hybridized carbons (Fsp3) is 0.355. The van der Waals surface area contributed by atoms with Gasteiger partial charge in [-0.2, -0.15) is 0 Å². The molecule has 0 radical (unpaired) electrons. The lowest BCUT2D eigenvalue weighted by molar-refractivity contribution is -0.140. The summed E-state index contributed by atoms with van der Waals surface area (Å²) in [6, 6.07) is 18.5. The average Bonchev–Trinajstić information content (AvgIpc) is 2.98. The van der Waals surface area contributed by atoms with Gasteiger partial charge in [-0.15, -0.1) is 0 Å². The van der Waals surface area contributed by atoms with Gasteiger partial charge in [0, 0.05) is 18.1 Å². The number of sulfonamides is 1. The molecule has 0 fully saturated rings. The minimum absolute atomic E-state index is 0.0282. The molecule has 226 valence electrons. The number of ether oxygens (including phenoxy) is 2. The van der Waals surface area contributed by atoms with E-state index in [9.17, 15) is 18.0 Å². The molecule has 0 spiro atoms. The van der Waals surface area contributed by atoms with Crippen LogP contribution in [0.5, 0.6) is 11.5 Å². The number of carbonyl (C=O) groups excluding carboxylic acids is 2. The van der Waals surface area contributed by atoms with E-state index in [0.29, 0.717) is 29.5 Å². The number of nitrogens with one attached hydrogen (secondary N) is 1. The first-order chi connectivity index (χ1) is 20.0. The van der Waals surface area contributed by atoms with Gasteiger partial charge in [0.05, 0.1) is 24.8 Å². The van der Waals surface area contributed by atoms with E-state index < -0.39 is 28.5 Å². The van der Waals surface area contributed by atoms with Gasteiger partial charge in [0.15, 0.2) is 0 Å². The predicted molar refractivity (Wildman–Crippen MR) is 164 cm³/mol. The average molecular weight is 616 g/mol. The lowest BCUT2D eigenvalue weighted by Gasteiger charge is -2.33. The maximum absolute atomic E-state index is 14.1. The summed E-state index contributed by atoms with van der Waals surface area (Å²) in [7, 11) is -1.18. The van der Waals surface area contributed by atoms with Gasteiger partial charge >= 0.3 is 0 Å². The van der Waals surface area contributed by atoms with E-state index in [1.807, 2.05) is 20.8 Å². The Morgan fingerprint density at radius 1 is 0.929 bits per heavy atom. The van der Waals surface area contributed by atoms with Crippen LogP contribution >= 0.6 is 11.6 Å². The quantitative estimate of drug-likeness (QED) is 0.270. The second-order valence-corrected chi connectivity index (χ2v) is 12.4. The number of anilines is 1. The van der Waals surface area contributed by atoms with Crippen LogP contribution in [0.15, 0.2) is 77.7 Å². The number of rotatable bonds is 14. The molecule has 0 aromatic heterocycles.